The summed E-state index contributed by atoms with van der Waals surface area (Å²) in [5, 5.41) is 1.50. The highest BCUT2D eigenvalue weighted by molar-refractivity contribution is 5.78. The summed E-state index contributed by atoms with van der Waals surface area (Å²) in [6, 6.07) is 14.8. The Hall–Kier alpha value is -2.33. The van der Waals surface area contributed by atoms with Crippen molar-refractivity contribution in [2.24, 2.45) is 10.7 Å². The third-order valence-corrected chi connectivity index (χ3v) is 3.92. The van der Waals surface area contributed by atoms with Crippen LogP contribution in [0.2, 0.25) is 0 Å². The van der Waals surface area contributed by atoms with Crippen LogP contribution in [0.1, 0.15) is 23.6 Å². The van der Waals surface area contributed by atoms with E-state index < -0.39 is 5.72 Å². The highest BCUT2D eigenvalue weighted by Gasteiger charge is 2.36. The molecule has 0 aromatic heterocycles. The van der Waals surface area contributed by atoms with Gasteiger partial charge in [-0.15, -0.1) is 0 Å². The molecule has 0 aliphatic carbocycles. The summed E-state index contributed by atoms with van der Waals surface area (Å²) >= 11 is 0. The van der Waals surface area contributed by atoms with Crippen LogP contribution >= 0.6 is 0 Å². The van der Waals surface area contributed by atoms with Gasteiger partial charge in [0.25, 0.3) is 0 Å². The van der Waals surface area contributed by atoms with Crippen LogP contribution < -0.4 is 5.73 Å². The van der Waals surface area contributed by atoms with Crippen molar-refractivity contribution < 1.29 is 4.84 Å². The molecule has 0 amide bonds. The normalized spacial score (nSPS) is 21.1. The van der Waals surface area contributed by atoms with Gasteiger partial charge in [-0.25, -0.2) is 14.9 Å². The van der Waals surface area contributed by atoms with E-state index in [-0.39, 0.29) is 0 Å². The van der Waals surface area contributed by atoms with E-state index in [9.17, 15) is 0 Å². The summed E-state index contributed by atoms with van der Waals surface area (Å²) in [6.07, 6.45) is 0. The highest BCUT2D eigenvalue weighted by atomic mass is 16.7. The van der Waals surface area contributed by atoms with Gasteiger partial charge in [-0.2, -0.15) is 0 Å². The fourth-order valence-electron chi connectivity index (χ4n) is 2.87. The zero-order chi connectivity index (χ0) is 15.9. The lowest BCUT2D eigenvalue weighted by Gasteiger charge is -2.22. The van der Waals surface area contributed by atoms with Gasteiger partial charge in [0.1, 0.15) is 0 Å². The van der Waals surface area contributed by atoms with Crippen LogP contribution in [-0.2, 0) is 10.6 Å². The van der Waals surface area contributed by atoms with Gasteiger partial charge in [-0.1, -0.05) is 47.5 Å². The average molecular weight is 295 g/mol. The van der Waals surface area contributed by atoms with E-state index in [0.717, 1.165) is 11.1 Å². The molecule has 0 fully saturated rings. The fourth-order valence-corrected chi connectivity index (χ4v) is 2.87. The molecule has 22 heavy (non-hydrogen) atoms. The molecule has 1 aliphatic heterocycles. The van der Waals surface area contributed by atoms with E-state index in [0.29, 0.717) is 5.96 Å². The van der Waals surface area contributed by atoms with Crippen molar-refractivity contribution in [3.05, 3.63) is 59.2 Å². The second-order valence-corrected chi connectivity index (χ2v) is 6.00. The first-order valence-corrected chi connectivity index (χ1v) is 7.35. The Kier molecular flexibility index (Phi) is 3.41. The molecule has 2 N–H and O–H groups in total. The van der Waals surface area contributed by atoms with Crippen molar-refractivity contribution >= 4 is 5.96 Å². The standard InChI is InChI=1S/C18H21N3O/c1-12-8-13(2)10-15(9-12)14-6-5-7-16(11-14)18(3)20-17(19)21(4)22-18/h5-11H,1-4H3,(H2,19,20). The molecule has 4 heteroatoms. The molecule has 0 bridgehead atoms. The summed E-state index contributed by atoms with van der Waals surface area (Å²) in [5.74, 6) is 0.388. The molecule has 3 rings (SSSR count). The molecule has 114 valence electrons. The second-order valence-electron chi connectivity index (χ2n) is 6.00. The van der Waals surface area contributed by atoms with Gasteiger partial charge in [0.2, 0.25) is 11.7 Å². The largest absolute Gasteiger partial charge is 0.368 e. The van der Waals surface area contributed by atoms with Crippen LogP contribution in [0.15, 0.2) is 47.5 Å². The predicted molar refractivity (Wildman–Crippen MR) is 89.2 cm³/mol. The molecule has 4 nitrogen and oxygen atoms in total. The quantitative estimate of drug-likeness (QED) is 0.924. The van der Waals surface area contributed by atoms with E-state index in [1.807, 2.05) is 19.1 Å². The van der Waals surface area contributed by atoms with Gasteiger partial charge in [-0.3, -0.25) is 0 Å². The molecule has 2 aromatic rings. The lowest BCUT2D eigenvalue weighted by atomic mass is 9.96. The maximum absolute atomic E-state index is 5.83. The fraction of sp³-hybridized carbons (Fsp3) is 0.278. The minimum atomic E-state index is -0.770. The van der Waals surface area contributed by atoms with Gasteiger partial charge >= 0.3 is 0 Å². The summed E-state index contributed by atoms with van der Waals surface area (Å²) in [6.45, 7) is 6.15. The molecule has 2 aromatic carbocycles. The number of hydroxylamine groups is 2. The van der Waals surface area contributed by atoms with Crippen LogP contribution in [0.4, 0.5) is 0 Å². The lowest BCUT2D eigenvalue weighted by molar-refractivity contribution is -0.163. The Labute approximate surface area is 131 Å². The van der Waals surface area contributed by atoms with Crippen molar-refractivity contribution in [1.29, 1.82) is 0 Å². The Bertz CT molecular complexity index is 733. The van der Waals surface area contributed by atoms with Gasteiger partial charge in [0.05, 0.1) is 0 Å². The van der Waals surface area contributed by atoms with Gasteiger partial charge < -0.3 is 5.73 Å². The van der Waals surface area contributed by atoms with Crippen molar-refractivity contribution in [2.45, 2.75) is 26.5 Å². The number of nitrogens with two attached hydrogens (primary N) is 1. The van der Waals surface area contributed by atoms with Crippen LogP contribution in [0, 0.1) is 13.8 Å². The minimum Gasteiger partial charge on any atom is -0.368 e. The van der Waals surface area contributed by atoms with Crippen molar-refractivity contribution in [2.75, 3.05) is 7.05 Å². The first-order valence-electron chi connectivity index (χ1n) is 7.35. The maximum Gasteiger partial charge on any atom is 0.218 e. The first-order chi connectivity index (χ1) is 10.4. The van der Waals surface area contributed by atoms with Crippen LogP contribution in [0.25, 0.3) is 11.1 Å². The SMILES string of the molecule is Cc1cc(C)cc(-c2cccc(C3(C)N=C(N)N(C)O3)c2)c1. The summed E-state index contributed by atoms with van der Waals surface area (Å²) in [7, 11) is 1.76. The predicted octanol–water partition coefficient (Wildman–Crippen LogP) is 3.33. The number of hydrogen-bond donors (Lipinski definition) is 1. The van der Waals surface area contributed by atoms with E-state index in [1.54, 1.807) is 7.05 Å². The Morgan fingerprint density at radius 2 is 1.73 bits per heavy atom. The topological polar surface area (TPSA) is 50.8 Å². The molecular weight excluding hydrogens is 274 g/mol. The number of rotatable bonds is 2. The van der Waals surface area contributed by atoms with Gasteiger partial charge in [0.15, 0.2) is 0 Å². The summed E-state index contributed by atoms with van der Waals surface area (Å²) < 4.78 is 0. The smallest absolute Gasteiger partial charge is 0.218 e. The molecule has 1 aliphatic rings. The minimum absolute atomic E-state index is 0.388. The molecule has 1 atom stereocenters. The van der Waals surface area contributed by atoms with Gasteiger partial charge in [0, 0.05) is 12.6 Å². The Morgan fingerprint density at radius 3 is 2.32 bits per heavy atom. The maximum atomic E-state index is 5.83. The molecule has 0 radical (unpaired) electrons. The molecule has 0 spiro atoms. The third kappa shape index (κ3) is 2.57. The third-order valence-electron chi connectivity index (χ3n) is 3.92. The number of benzene rings is 2. The first kappa shape index (κ1) is 14.6. The number of guanidine groups is 1. The van der Waals surface area contributed by atoms with E-state index >= 15 is 0 Å². The number of aryl methyl sites for hydroxylation is 2. The van der Waals surface area contributed by atoms with Crippen LogP contribution in [0.3, 0.4) is 0 Å². The zero-order valence-electron chi connectivity index (χ0n) is 13.4. The molecule has 0 saturated heterocycles. The molecular formula is C18H21N3O. The zero-order valence-corrected chi connectivity index (χ0v) is 13.4. The van der Waals surface area contributed by atoms with Crippen molar-refractivity contribution in [3.63, 3.8) is 0 Å². The van der Waals surface area contributed by atoms with E-state index in [1.165, 1.54) is 21.8 Å². The Morgan fingerprint density at radius 1 is 1.05 bits per heavy atom. The molecule has 1 unspecified atom stereocenters. The van der Waals surface area contributed by atoms with Crippen LogP contribution in [-0.4, -0.2) is 18.1 Å². The molecule has 0 saturated carbocycles. The summed E-state index contributed by atoms with van der Waals surface area (Å²) in [5.41, 5.74) is 10.9. The number of nitrogens with zero attached hydrogens (tertiary/aromatic N) is 2. The average Bonchev–Trinajstić information content (AvgIpc) is 2.72. The second kappa shape index (κ2) is 5.14. The van der Waals surface area contributed by atoms with E-state index in [2.05, 4.69) is 49.2 Å². The van der Waals surface area contributed by atoms with Crippen molar-refractivity contribution in [1.82, 2.24) is 5.06 Å². The van der Waals surface area contributed by atoms with Crippen molar-refractivity contribution in [3.8, 4) is 11.1 Å². The van der Waals surface area contributed by atoms with Gasteiger partial charge in [-0.05, 0) is 38.0 Å². The highest BCUT2D eigenvalue weighted by Crippen LogP contribution is 2.34. The number of aliphatic imine (C=N–C) groups is 1. The monoisotopic (exact) mass is 295 g/mol. The van der Waals surface area contributed by atoms with Crippen LogP contribution in [0.5, 0.6) is 0 Å². The molecule has 1 heterocycles. The summed E-state index contributed by atoms with van der Waals surface area (Å²) in [4.78, 5) is 10.2. The van der Waals surface area contributed by atoms with E-state index in [4.69, 9.17) is 10.6 Å². The lowest BCUT2D eigenvalue weighted by Crippen LogP contribution is -2.30. The Balaban J connectivity index is 2.04. The number of hydrogen-bond acceptors (Lipinski definition) is 4.